The van der Waals surface area contributed by atoms with Crippen molar-refractivity contribution < 1.29 is 9.59 Å². The number of nitrogens with one attached hydrogen (secondary N) is 3. The zero-order chi connectivity index (χ0) is 14.1. The fraction of sp³-hybridized carbons (Fsp3) is 0.154. The summed E-state index contributed by atoms with van der Waals surface area (Å²) >= 11 is 0. The molecule has 0 bridgehead atoms. The normalized spacial score (nSPS) is 10.2. The van der Waals surface area contributed by atoms with Crippen molar-refractivity contribution in [3.63, 3.8) is 0 Å². The number of hydrogen-bond acceptors (Lipinski definition) is 4. The number of carbonyl (C=O) groups excluding carboxylic acids is 2. The van der Waals surface area contributed by atoms with Gasteiger partial charge in [-0.15, -0.1) is 0 Å². The lowest BCUT2D eigenvalue weighted by Gasteiger charge is -2.07. The van der Waals surface area contributed by atoms with E-state index in [4.69, 9.17) is 5.26 Å². The van der Waals surface area contributed by atoms with Crippen LogP contribution in [0.15, 0.2) is 42.1 Å². The van der Waals surface area contributed by atoms with Crippen LogP contribution in [0.3, 0.4) is 0 Å². The van der Waals surface area contributed by atoms with Gasteiger partial charge in [-0.05, 0) is 19.1 Å². The molecule has 0 heterocycles. The van der Waals surface area contributed by atoms with Crippen LogP contribution in [0.1, 0.15) is 13.3 Å². The molecule has 6 heteroatoms. The average molecular weight is 258 g/mol. The molecule has 0 saturated carbocycles. The maximum atomic E-state index is 11.6. The topological polar surface area (TPSA) is 94.0 Å². The summed E-state index contributed by atoms with van der Waals surface area (Å²) in [4.78, 5) is 22.6. The number of rotatable bonds is 5. The van der Waals surface area contributed by atoms with E-state index in [1.54, 1.807) is 25.1 Å². The second-order valence-electron chi connectivity index (χ2n) is 3.69. The SMILES string of the molecule is CC(=CC(=O)Nc1ccccc1)NNC(=O)CC#N. The molecule has 1 aromatic rings. The zero-order valence-corrected chi connectivity index (χ0v) is 10.4. The molecule has 2 amide bonds. The number of nitriles is 1. The summed E-state index contributed by atoms with van der Waals surface area (Å²) in [6.07, 6.45) is 1.07. The van der Waals surface area contributed by atoms with Crippen molar-refractivity contribution in [3.8, 4) is 6.07 Å². The van der Waals surface area contributed by atoms with Gasteiger partial charge in [0, 0.05) is 17.5 Å². The first-order valence-corrected chi connectivity index (χ1v) is 5.58. The van der Waals surface area contributed by atoms with Crippen LogP contribution in [0.5, 0.6) is 0 Å². The summed E-state index contributed by atoms with van der Waals surface area (Å²) in [5, 5.41) is 11.0. The monoisotopic (exact) mass is 258 g/mol. The van der Waals surface area contributed by atoms with E-state index in [0.29, 0.717) is 11.4 Å². The third-order valence-corrected chi connectivity index (χ3v) is 2.03. The fourth-order valence-corrected chi connectivity index (χ4v) is 1.22. The number of nitrogens with zero attached hydrogens (tertiary/aromatic N) is 1. The van der Waals surface area contributed by atoms with Crippen LogP contribution in [0.4, 0.5) is 5.69 Å². The molecule has 98 valence electrons. The van der Waals surface area contributed by atoms with Gasteiger partial charge in [0.25, 0.3) is 5.91 Å². The first-order chi connectivity index (χ1) is 9.11. The molecule has 0 aliphatic rings. The number of carbonyl (C=O) groups is 2. The lowest BCUT2D eigenvalue weighted by atomic mass is 10.3. The first-order valence-electron chi connectivity index (χ1n) is 5.58. The van der Waals surface area contributed by atoms with Gasteiger partial charge in [0.05, 0.1) is 6.07 Å². The molecule has 0 fully saturated rings. The van der Waals surface area contributed by atoms with E-state index in [2.05, 4.69) is 16.2 Å². The largest absolute Gasteiger partial charge is 0.322 e. The van der Waals surface area contributed by atoms with Crippen LogP contribution >= 0.6 is 0 Å². The highest BCUT2D eigenvalue weighted by Crippen LogP contribution is 2.04. The van der Waals surface area contributed by atoms with E-state index < -0.39 is 5.91 Å². The number of para-hydroxylation sites is 1. The van der Waals surface area contributed by atoms with E-state index >= 15 is 0 Å². The number of allylic oxidation sites excluding steroid dienone is 1. The minimum Gasteiger partial charge on any atom is -0.322 e. The summed E-state index contributed by atoms with van der Waals surface area (Å²) < 4.78 is 0. The number of hydrazine groups is 1. The van der Waals surface area contributed by atoms with Crippen LogP contribution in [-0.2, 0) is 9.59 Å². The Morgan fingerprint density at radius 1 is 1.26 bits per heavy atom. The molecule has 1 rings (SSSR count). The second kappa shape index (κ2) is 7.50. The van der Waals surface area contributed by atoms with E-state index in [0.717, 1.165) is 0 Å². The molecular formula is C13H14N4O2. The molecular weight excluding hydrogens is 244 g/mol. The van der Waals surface area contributed by atoms with E-state index in [1.807, 2.05) is 18.2 Å². The van der Waals surface area contributed by atoms with Gasteiger partial charge in [0.1, 0.15) is 6.42 Å². The highest BCUT2D eigenvalue weighted by Gasteiger charge is 2.01. The Morgan fingerprint density at radius 2 is 1.95 bits per heavy atom. The smallest absolute Gasteiger partial charge is 0.252 e. The summed E-state index contributed by atoms with van der Waals surface area (Å²) in [5.74, 6) is -0.774. The van der Waals surface area contributed by atoms with Crippen LogP contribution < -0.4 is 16.2 Å². The summed E-state index contributed by atoms with van der Waals surface area (Å²) in [6, 6.07) is 10.7. The van der Waals surface area contributed by atoms with Gasteiger partial charge < -0.3 is 10.7 Å². The van der Waals surface area contributed by atoms with Crippen LogP contribution in [0.25, 0.3) is 0 Å². The lowest BCUT2D eigenvalue weighted by Crippen LogP contribution is -2.36. The Kier molecular flexibility index (Phi) is 5.63. The molecule has 0 radical (unpaired) electrons. The number of hydrogen-bond donors (Lipinski definition) is 3. The molecule has 0 aliphatic heterocycles. The zero-order valence-electron chi connectivity index (χ0n) is 10.4. The molecule has 6 nitrogen and oxygen atoms in total. The maximum absolute atomic E-state index is 11.6. The molecule has 3 N–H and O–H groups in total. The predicted octanol–water partition coefficient (Wildman–Crippen LogP) is 1.06. The molecule has 0 saturated heterocycles. The van der Waals surface area contributed by atoms with Crippen molar-refractivity contribution in [2.24, 2.45) is 0 Å². The summed E-state index contributed by atoms with van der Waals surface area (Å²) in [5.41, 5.74) is 5.97. The predicted molar refractivity (Wildman–Crippen MR) is 70.3 cm³/mol. The van der Waals surface area contributed by atoms with Gasteiger partial charge in [-0.2, -0.15) is 5.26 Å². The third kappa shape index (κ3) is 5.89. The van der Waals surface area contributed by atoms with Crippen molar-refractivity contribution in [1.82, 2.24) is 10.9 Å². The highest BCUT2D eigenvalue weighted by molar-refractivity contribution is 5.99. The molecule has 0 aromatic heterocycles. The van der Waals surface area contributed by atoms with E-state index in [1.165, 1.54) is 6.08 Å². The van der Waals surface area contributed by atoms with Gasteiger partial charge in [-0.1, -0.05) is 18.2 Å². The second-order valence-corrected chi connectivity index (χ2v) is 3.69. The van der Waals surface area contributed by atoms with E-state index in [9.17, 15) is 9.59 Å². The number of amides is 2. The molecule has 0 aliphatic carbocycles. The van der Waals surface area contributed by atoms with Gasteiger partial charge >= 0.3 is 0 Å². The maximum Gasteiger partial charge on any atom is 0.252 e. The Hall–Kier alpha value is -2.81. The van der Waals surface area contributed by atoms with Gasteiger partial charge in [0.2, 0.25) is 5.91 Å². The summed E-state index contributed by atoms with van der Waals surface area (Å²) in [7, 11) is 0. The Labute approximate surface area is 111 Å². The van der Waals surface area contributed by atoms with Crippen LogP contribution in [-0.4, -0.2) is 11.8 Å². The minimum absolute atomic E-state index is 0.240. The molecule has 1 aromatic carbocycles. The summed E-state index contributed by atoms with van der Waals surface area (Å²) in [6.45, 7) is 1.62. The molecule has 19 heavy (non-hydrogen) atoms. The van der Waals surface area contributed by atoms with Crippen molar-refractivity contribution in [2.45, 2.75) is 13.3 Å². The van der Waals surface area contributed by atoms with Crippen molar-refractivity contribution in [2.75, 3.05) is 5.32 Å². The lowest BCUT2D eigenvalue weighted by molar-refractivity contribution is -0.121. The Bertz CT molecular complexity index is 517. The van der Waals surface area contributed by atoms with Gasteiger partial charge in [-0.3, -0.25) is 15.0 Å². The van der Waals surface area contributed by atoms with Crippen molar-refractivity contribution >= 4 is 17.5 Å². The average Bonchev–Trinajstić information content (AvgIpc) is 2.38. The Morgan fingerprint density at radius 3 is 2.58 bits per heavy atom. The highest BCUT2D eigenvalue weighted by atomic mass is 16.2. The Balaban J connectivity index is 2.44. The molecule has 0 atom stereocenters. The van der Waals surface area contributed by atoms with Gasteiger partial charge in [0.15, 0.2) is 0 Å². The first kappa shape index (κ1) is 14.3. The fourth-order valence-electron chi connectivity index (χ4n) is 1.22. The van der Waals surface area contributed by atoms with E-state index in [-0.39, 0.29) is 12.3 Å². The van der Waals surface area contributed by atoms with Crippen LogP contribution in [0.2, 0.25) is 0 Å². The van der Waals surface area contributed by atoms with Crippen molar-refractivity contribution in [3.05, 3.63) is 42.1 Å². The van der Waals surface area contributed by atoms with Crippen molar-refractivity contribution in [1.29, 1.82) is 5.26 Å². The van der Waals surface area contributed by atoms with Crippen LogP contribution in [0, 0.1) is 11.3 Å². The standard InChI is InChI=1S/C13H14N4O2/c1-10(16-17-12(18)7-8-14)9-13(19)15-11-5-3-2-4-6-11/h2-6,9,16H,7H2,1H3,(H,15,19)(H,17,18). The molecule has 0 unspecified atom stereocenters. The third-order valence-electron chi connectivity index (χ3n) is 2.03. The quantitative estimate of drug-likeness (QED) is 0.544. The number of benzene rings is 1. The minimum atomic E-state index is -0.460. The number of anilines is 1. The van der Waals surface area contributed by atoms with Gasteiger partial charge in [-0.25, -0.2) is 0 Å². The molecule has 0 spiro atoms.